The van der Waals surface area contributed by atoms with Crippen LogP contribution in [0, 0.1) is 0 Å². The molecule has 1 unspecified atom stereocenters. The summed E-state index contributed by atoms with van der Waals surface area (Å²) in [5.41, 5.74) is 0.143. The summed E-state index contributed by atoms with van der Waals surface area (Å²) >= 11 is 0. The molecule has 3 rings (SSSR count). The number of anilines is 2. The second kappa shape index (κ2) is 10.7. The lowest BCUT2D eigenvalue weighted by Crippen LogP contribution is -2.21. The average Bonchev–Trinajstić information content (AvgIpc) is 2.78. The second-order valence-corrected chi connectivity index (χ2v) is 8.91. The SMILES string of the molecule is CCOc1cc(NC(=O)C(O)c2ccc(O)cc2)ccc1S(=O)(=O)Nc1cccc(OC(F)(F)F)c1. The third kappa shape index (κ3) is 7.02. The Bertz CT molecular complexity index is 1330. The fourth-order valence-corrected chi connectivity index (χ4v) is 4.24. The van der Waals surface area contributed by atoms with E-state index in [4.69, 9.17) is 4.74 Å². The van der Waals surface area contributed by atoms with Crippen molar-refractivity contribution in [3.8, 4) is 17.2 Å². The van der Waals surface area contributed by atoms with Crippen molar-refractivity contribution >= 4 is 27.3 Å². The smallest absolute Gasteiger partial charge is 0.508 e. The zero-order valence-corrected chi connectivity index (χ0v) is 19.4. The van der Waals surface area contributed by atoms with Gasteiger partial charge in [-0.2, -0.15) is 0 Å². The average molecular weight is 526 g/mol. The van der Waals surface area contributed by atoms with Crippen LogP contribution in [-0.4, -0.2) is 37.5 Å². The highest BCUT2D eigenvalue weighted by molar-refractivity contribution is 7.92. The van der Waals surface area contributed by atoms with E-state index in [1.54, 1.807) is 6.92 Å². The van der Waals surface area contributed by atoms with E-state index in [1.165, 1.54) is 48.5 Å². The van der Waals surface area contributed by atoms with Crippen LogP contribution >= 0.6 is 0 Å². The molecule has 192 valence electrons. The van der Waals surface area contributed by atoms with E-state index in [0.29, 0.717) is 0 Å². The third-order valence-electron chi connectivity index (χ3n) is 4.58. The summed E-state index contributed by atoms with van der Waals surface area (Å²) in [5, 5.41) is 22.0. The summed E-state index contributed by atoms with van der Waals surface area (Å²) in [7, 11) is -4.33. The van der Waals surface area contributed by atoms with E-state index in [2.05, 4.69) is 14.8 Å². The number of halogens is 3. The van der Waals surface area contributed by atoms with Crippen LogP contribution in [0.25, 0.3) is 0 Å². The Morgan fingerprint density at radius 2 is 1.72 bits per heavy atom. The quantitative estimate of drug-likeness (QED) is 0.329. The third-order valence-corrected chi connectivity index (χ3v) is 6.00. The zero-order valence-electron chi connectivity index (χ0n) is 18.6. The number of sulfonamides is 1. The summed E-state index contributed by atoms with van der Waals surface area (Å²) in [6, 6.07) is 13.2. The number of nitrogens with one attached hydrogen (secondary N) is 2. The highest BCUT2D eigenvalue weighted by atomic mass is 32.2. The number of aliphatic hydroxyl groups is 1. The number of carbonyl (C=O) groups is 1. The minimum atomic E-state index is -4.95. The number of carbonyl (C=O) groups excluding carboxylic acids is 1. The van der Waals surface area contributed by atoms with E-state index in [1.807, 2.05) is 0 Å². The Morgan fingerprint density at radius 1 is 1.03 bits per heavy atom. The highest BCUT2D eigenvalue weighted by Gasteiger charge is 2.31. The van der Waals surface area contributed by atoms with Crippen molar-refractivity contribution in [3.63, 3.8) is 0 Å². The zero-order chi connectivity index (χ0) is 26.5. The fourth-order valence-electron chi connectivity index (χ4n) is 3.06. The number of benzene rings is 3. The standard InChI is InChI=1S/C23H21F3N2O7S/c1-2-34-19-13-15(27-22(31)21(30)14-6-9-17(29)10-7-14)8-11-20(19)36(32,33)28-16-4-3-5-18(12-16)35-23(24,25)26/h3-13,21,28-30H,2H2,1H3,(H,27,31). The topological polar surface area (TPSA) is 134 Å². The van der Waals surface area contributed by atoms with E-state index >= 15 is 0 Å². The van der Waals surface area contributed by atoms with Gasteiger partial charge in [-0.3, -0.25) is 9.52 Å². The van der Waals surface area contributed by atoms with E-state index in [-0.39, 0.29) is 39.9 Å². The number of hydrogen-bond donors (Lipinski definition) is 4. The van der Waals surface area contributed by atoms with Gasteiger partial charge in [0.1, 0.15) is 22.1 Å². The number of hydrogen-bond acceptors (Lipinski definition) is 7. The highest BCUT2D eigenvalue weighted by Crippen LogP contribution is 2.31. The predicted octanol–water partition coefficient (Wildman–Crippen LogP) is 4.16. The number of amides is 1. The molecule has 0 heterocycles. The molecular weight excluding hydrogens is 505 g/mol. The van der Waals surface area contributed by atoms with Crippen LogP contribution in [0.5, 0.6) is 17.2 Å². The number of ether oxygens (including phenoxy) is 2. The predicted molar refractivity (Wildman–Crippen MR) is 123 cm³/mol. The number of phenolic OH excluding ortho intramolecular Hbond substituents is 1. The largest absolute Gasteiger partial charge is 0.573 e. The molecule has 0 aromatic heterocycles. The maximum Gasteiger partial charge on any atom is 0.573 e. The van der Waals surface area contributed by atoms with Crippen molar-refractivity contribution in [1.82, 2.24) is 0 Å². The Morgan fingerprint density at radius 3 is 2.36 bits per heavy atom. The van der Waals surface area contributed by atoms with E-state index in [0.717, 1.165) is 18.2 Å². The first-order chi connectivity index (χ1) is 16.9. The molecule has 3 aromatic rings. The molecule has 0 saturated heterocycles. The maximum atomic E-state index is 12.9. The van der Waals surface area contributed by atoms with Gasteiger partial charge >= 0.3 is 6.36 Å². The number of phenols is 1. The summed E-state index contributed by atoms with van der Waals surface area (Å²) in [6.45, 7) is 1.66. The molecular formula is C23H21F3N2O7S. The fraction of sp³-hybridized carbons (Fsp3) is 0.174. The summed E-state index contributed by atoms with van der Waals surface area (Å²) in [6.07, 6.45) is -6.52. The van der Waals surface area contributed by atoms with Gasteiger partial charge in [0.25, 0.3) is 15.9 Å². The lowest BCUT2D eigenvalue weighted by Gasteiger charge is -2.16. The summed E-state index contributed by atoms with van der Waals surface area (Å²) in [4.78, 5) is 12.1. The molecule has 1 amide bonds. The number of alkyl halides is 3. The molecule has 0 aliphatic heterocycles. The Balaban J connectivity index is 1.82. The number of aliphatic hydroxyl groups excluding tert-OH is 1. The van der Waals surface area contributed by atoms with Crippen molar-refractivity contribution in [1.29, 1.82) is 0 Å². The van der Waals surface area contributed by atoms with Crippen molar-refractivity contribution in [2.45, 2.75) is 24.3 Å². The van der Waals surface area contributed by atoms with Crippen LogP contribution in [0.3, 0.4) is 0 Å². The first-order valence-corrected chi connectivity index (χ1v) is 11.8. The molecule has 0 aliphatic carbocycles. The molecule has 0 aliphatic rings. The van der Waals surface area contributed by atoms with E-state index < -0.39 is 34.1 Å². The first kappa shape index (κ1) is 26.6. The minimum Gasteiger partial charge on any atom is -0.508 e. The molecule has 0 spiro atoms. The van der Waals surface area contributed by atoms with Crippen LogP contribution in [0.15, 0.2) is 71.6 Å². The lowest BCUT2D eigenvalue weighted by molar-refractivity contribution is -0.274. The van der Waals surface area contributed by atoms with Crippen LogP contribution in [0.4, 0.5) is 24.5 Å². The monoisotopic (exact) mass is 526 g/mol. The molecule has 0 radical (unpaired) electrons. The van der Waals surface area contributed by atoms with Gasteiger partial charge in [-0.15, -0.1) is 13.2 Å². The van der Waals surface area contributed by atoms with Crippen molar-refractivity contribution < 1.29 is 46.1 Å². The molecule has 9 nitrogen and oxygen atoms in total. The Kier molecular flexibility index (Phi) is 7.95. The first-order valence-electron chi connectivity index (χ1n) is 10.3. The molecule has 0 fully saturated rings. The van der Waals surface area contributed by atoms with Crippen molar-refractivity contribution in [3.05, 3.63) is 72.3 Å². The summed E-state index contributed by atoms with van der Waals surface area (Å²) < 4.78 is 74.7. The Labute approximate surface area is 204 Å². The van der Waals surface area contributed by atoms with Gasteiger partial charge in [-0.25, -0.2) is 8.42 Å². The molecule has 13 heteroatoms. The normalized spacial score (nSPS) is 12.5. The van der Waals surface area contributed by atoms with Crippen molar-refractivity contribution in [2.24, 2.45) is 0 Å². The van der Waals surface area contributed by atoms with Gasteiger partial charge in [0, 0.05) is 17.8 Å². The molecule has 0 saturated carbocycles. The molecule has 3 aromatic carbocycles. The molecule has 1 atom stereocenters. The second-order valence-electron chi connectivity index (χ2n) is 7.26. The van der Waals surface area contributed by atoms with Crippen LogP contribution in [0.2, 0.25) is 0 Å². The van der Waals surface area contributed by atoms with Gasteiger partial charge in [-0.05, 0) is 48.9 Å². The van der Waals surface area contributed by atoms with Gasteiger partial charge in [-0.1, -0.05) is 18.2 Å². The number of rotatable bonds is 9. The van der Waals surface area contributed by atoms with Crippen molar-refractivity contribution in [2.75, 3.05) is 16.6 Å². The van der Waals surface area contributed by atoms with Crippen LogP contribution in [0.1, 0.15) is 18.6 Å². The van der Waals surface area contributed by atoms with Gasteiger partial charge in [0.05, 0.1) is 12.3 Å². The number of aromatic hydroxyl groups is 1. The lowest BCUT2D eigenvalue weighted by atomic mass is 10.1. The van der Waals surface area contributed by atoms with Crippen LogP contribution in [-0.2, 0) is 14.8 Å². The van der Waals surface area contributed by atoms with E-state index in [9.17, 15) is 36.6 Å². The molecule has 36 heavy (non-hydrogen) atoms. The minimum absolute atomic E-state index is 0.0438. The molecule has 0 bridgehead atoms. The maximum absolute atomic E-state index is 12.9. The molecule has 4 N–H and O–H groups in total. The van der Waals surface area contributed by atoms with Gasteiger partial charge in [0.2, 0.25) is 0 Å². The summed E-state index contributed by atoms with van der Waals surface area (Å²) in [5.74, 6) is -1.63. The van der Waals surface area contributed by atoms with Gasteiger partial charge in [0.15, 0.2) is 6.10 Å². The van der Waals surface area contributed by atoms with Gasteiger partial charge < -0.3 is 25.0 Å². The van der Waals surface area contributed by atoms with Crippen LogP contribution < -0.4 is 19.5 Å². The Hall–Kier alpha value is -3.97.